The van der Waals surface area contributed by atoms with Crippen LogP contribution in [0.3, 0.4) is 0 Å². The number of para-hydroxylation sites is 2. The number of rotatable bonds is 3. The molecule has 1 aliphatic heterocycles. The Morgan fingerprint density at radius 3 is 2.45 bits per heavy atom. The van der Waals surface area contributed by atoms with Gasteiger partial charge in [0, 0.05) is 27.6 Å². The van der Waals surface area contributed by atoms with E-state index in [0.29, 0.717) is 0 Å². The van der Waals surface area contributed by atoms with E-state index in [1.165, 1.54) is 0 Å². The molecule has 0 bridgehead atoms. The number of hydrogen-bond acceptors (Lipinski definition) is 2. The molecule has 4 nitrogen and oxygen atoms in total. The van der Waals surface area contributed by atoms with Gasteiger partial charge in [0.25, 0.3) is 0 Å². The predicted molar refractivity (Wildman–Crippen MR) is 123 cm³/mol. The molecule has 0 atom stereocenters. The third kappa shape index (κ3) is 2.58. The molecule has 2 heterocycles. The van der Waals surface area contributed by atoms with E-state index in [1.807, 2.05) is 24.3 Å². The van der Waals surface area contributed by atoms with Gasteiger partial charge in [0.2, 0.25) is 11.0 Å². The van der Waals surface area contributed by atoms with Crippen molar-refractivity contribution in [1.82, 2.24) is 4.98 Å². The minimum Gasteiger partial charge on any atom is -0.496 e. The Morgan fingerprint density at radius 1 is 0.806 bits per heavy atom. The Morgan fingerprint density at radius 2 is 1.58 bits per heavy atom. The molecule has 0 amide bonds. The summed E-state index contributed by atoms with van der Waals surface area (Å²) < 4.78 is 11.4. The van der Waals surface area contributed by atoms with Crippen LogP contribution in [0, 0.1) is 0 Å². The van der Waals surface area contributed by atoms with Crippen LogP contribution in [0.2, 0.25) is 0 Å². The van der Waals surface area contributed by atoms with Crippen molar-refractivity contribution in [1.29, 1.82) is 0 Å². The minimum absolute atomic E-state index is 0.870. The van der Waals surface area contributed by atoms with Gasteiger partial charge >= 0.3 is 0 Å². The largest absolute Gasteiger partial charge is 0.496 e. The highest BCUT2D eigenvalue weighted by Crippen LogP contribution is 2.35. The normalized spacial score (nSPS) is 12.6. The highest BCUT2D eigenvalue weighted by Gasteiger charge is 2.24. The van der Waals surface area contributed by atoms with Crippen molar-refractivity contribution in [3.8, 4) is 22.6 Å². The zero-order valence-corrected chi connectivity index (χ0v) is 17.3. The molecule has 1 aromatic heterocycles. The lowest BCUT2D eigenvalue weighted by Crippen LogP contribution is -2.72. The fraction of sp³-hybridized carbons (Fsp3) is 0.0741. The predicted octanol–water partition coefficient (Wildman–Crippen LogP) is 3.18. The average molecular weight is 405 g/mol. The summed E-state index contributed by atoms with van der Waals surface area (Å²) in [5, 5.41) is 4.45. The zero-order valence-electron chi connectivity index (χ0n) is 17.3. The summed E-state index contributed by atoms with van der Waals surface area (Å²) in [6.45, 7) is 0. The molecule has 5 aromatic rings. The molecule has 0 radical (unpaired) electrons. The van der Waals surface area contributed by atoms with Gasteiger partial charge in [-0.1, -0.05) is 30.3 Å². The topological polar surface area (TPSA) is 48.2 Å². The average Bonchev–Trinajstić information content (AvgIpc) is 3.39. The lowest BCUT2D eigenvalue weighted by Gasteiger charge is -2.05. The minimum atomic E-state index is 0.870. The number of benzene rings is 4. The van der Waals surface area contributed by atoms with Crippen LogP contribution in [-0.4, -0.2) is 19.2 Å². The van der Waals surface area contributed by atoms with E-state index < -0.39 is 0 Å². The molecule has 150 valence electrons. The van der Waals surface area contributed by atoms with Crippen molar-refractivity contribution in [2.45, 2.75) is 0 Å². The molecule has 31 heavy (non-hydrogen) atoms. The number of ether oxygens (including phenoxy) is 2. The highest BCUT2D eigenvalue weighted by atomic mass is 16.5. The molecule has 0 fully saturated rings. The van der Waals surface area contributed by atoms with Crippen LogP contribution in [0.25, 0.3) is 39.0 Å². The van der Waals surface area contributed by atoms with Crippen molar-refractivity contribution in [3.05, 3.63) is 88.9 Å². The van der Waals surface area contributed by atoms with Crippen LogP contribution >= 0.6 is 0 Å². The fourth-order valence-corrected chi connectivity index (χ4v) is 4.64. The van der Waals surface area contributed by atoms with E-state index in [4.69, 9.17) is 9.47 Å². The quantitative estimate of drug-likeness (QED) is 0.475. The highest BCUT2D eigenvalue weighted by molar-refractivity contribution is 6.12. The van der Waals surface area contributed by atoms with Crippen molar-refractivity contribution in [2.75, 3.05) is 14.2 Å². The Labute approximate surface area is 179 Å². The molecular formula is C27H21N2O2+. The van der Waals surface area contributed by atoms with Crippen LogP contribution in [0.5, 0.6) is 11.5 Å². The lowest BCUT2D eigenvalue weighted by atomic mass is 10.0. The van der Waals surface area contributed by atoms with Gasteiger partial charge in [-0.25, -0.2) is 4.99 Å². The maximum Gasteiger partial charge on any atom is 0.223 e. The molecular weight excluding hydrogens is 384 g/mol. The zero-order chi connectivity index (χ0) is 20.9. The number of fused-ring (bicyclic) bond motifs is 6. The number of H-pyrrole nitrogens is 1. The fourth-order valence-electron chi connectivity index (χ4n) is 4.64. The third-order valence-electron chi connectivity index (χ3n) is 6.06. The molecule has 6 rings (SSSR count). The summed E-state index contributed by atoms with van der Waals surface area (Å²) in [4.78, 5) is 7.19. The smallest absolute Gasteiger partial charge is 0.223 e. The van der Waals surface area contributed by atoms with Gasteiger partial charge in [0.1, 0.15) is 17.1 Å². The Balaban J connectivity index is 1.68. The summed E-state index contributed by atoms with van der Waals surface area (Å²) in [6.07, 6.45) is 2.22. The van der Waals surface area contributed by atoms with Crippen molar-refractivity contribution in [2.24, 2.45) is 0 Å². The number of aromatic amines is 1. The molecule has 0 aliphatic carbocycles. The van der Waals surface area contributed by atoms with Gasteiger partial charge in [-0.3, -0.25) is 0 Å². The summed E-state index contributed by atoms with van der Waals surface area (Å²) in [6, 6.07) is 25.0. The van der Waals surface area contributed by atoms with Crippen molar-refractivity contribution < 1.29 is 14.5 Å². The first-order valence-corrected chi connectivity index (χ1v) is 10.3. The molecule has 1 aliphatic rings. The third-order valence-corrected chi connectivity index (χ3v) is 6.06. The maximum absolute atomic E-state index is 5.68. The van der Waals surface area contributed by atoms with Gasteiger partial charge < -0.3 is 14.5 Å². The summed E-state index contributed by atoms with van der Waals surface area (Å²) in [5.74, 6) is 1.74. The second kappa shape index (κ2) is 6.74. The molecule has 4 aromatic carbocycles. The van der Waals surface area contributed by atoms with Crippen LogP contribution in [0.15, 0.2) is 72.8 Å². The van der Waals surface area contributed by atoms with Crippen LogP contribution < -0.4 is 25.0 Å². The van der Waals surface area contributed by atoms with E-state index >= 15 is 0 Å². The van der Waals surface area contributed by atoms with Crippen molar-refractivity contribution >= 4 is 33.6 Å². The SMILES string of the molecule is COc1cc/c(=C/c2ccc(OC)c3c2[nH]c2ccccc23)c2c1-c1ccccc1[NH+]=2. The summed E-state index contributed by atoms with van der Waals surface area (Å²) >= 11 is 0. The van der Waals surface area contributed by atoms with Gasteiger partial charge in [0.05, 0.1) is 25.3 Å². The van der Waals surface area contributed by atoms with Crippen molar-refractivity contribution in [3.63, 3.8) is 0 Å². The second-order valence-electron chi connectivity index (χ2n) is 7.70. The standard InChI is InChI=1S/C27H20N2O2/c1-30-22-13-11-16(26-24(22)18-7-3-5-9-20(18)28-26)15-17-12-14-23(31-2)25-19-8-4-6-10-21(19)29-27(17)25/h3-15,28H,1-2H3/p+1/b17-15-. The van der Waals surface area contributed by atoms with E-state index in [9.17, 15) is 0 Å². The molecule has 4 heteroatoms. The Kier molecular flexibility index (Phi) is 3.87. The lowest BCUT2D eigenvalue weighted by molar-refractivity contribution is -0.397. The van der Waals surface area contributed by atoms with Gasteiger partial charge in [0.15, 0.2) is 0 Å². The maximum atomic E-state index is 5.68. The molecule has 0 saturated carbocycles. The van der Waals surface area contributed by atoms with E-state index in [1.54, 1.807) is 14.2 Å². The first-order valence-electron chi connectivity index (χ1n) is 10.3. The number of aromatic nitrogens is 1. The Bertz CT molecular complexity index is 1610. The summed E-state index contributed by atoms with van der Waals surface area (Å²) in [7, 11) is 3.44. The molecule has 0 spiro atoms. The molecule has 0 unspecified atom stereocenters. The molecule has 2 N–H and O–H groups in total. The first-order chi connectivity index (χ1) is 15.3. The first kappa shape index (κ1) is 17.8. The number of hydrogen-bond donors (Lipinski definition) is 2. The van der Waals surface area contributed by atoms with Crippen LogP contribution in [-0.2, 0) is 0 Å². The number of methoxy groups -OCH3 is 2. The monoisotopic (exact) mass is 405 g/mol. The van der Waals surface area contributed by atoms with E-state index in [2.05, 4.69) is 64.6 Å². The molecule has 0 saturated heterocycles. The van der Waals surface area contributed by atoms with E-state index in [0.717, 1.165) is 66.3 Å². The second-order valence-corrected chi connectivity index (χ2v) is 7.70. The Hall–Kier alpha value is -4.05. The summed E-state index contributed by atoms with van der Waals surface area (Å²) in [5.41, 5.74) is 6.64. The van der Waals surface area contributed by atoms with Gasteiger partial charge in [-0.15, -0.1) is 0 Å². The van der Waals surface area contributed by atoms with Crippen LogP contribution in [0.4, 0.5) is 5.69 Å². The number of nitrogens with one attached hydrogen (secondary N) is 2. The van der Waals surface area contributed by atoms with Crippen LogP contribution in [0.1, 0.15) is 5.56 Å². The van der Waals surface area contributed by atoms with Gasteiger partial charge in [-0.05, 0) is 48.0 Å². The van der Waals surface area contributed by atoms with Gasteiger partial charge in [-0.2, -0.15) is 0 Å². The van der Waals surface area contributed by atoms with E-state index in [-0.39, 0.29) is 0 Å².